The van der Waals surface area contributed by atoms with Gasteiger partial charge in [-0.25, -0.2) is 4.90 Å². The number of carbonyl (C=O) groups is 3. The minimum atomic E-state index is -1.65. The molecule has 4 rings (SSSR count). The van der Waals surface area contributed by atoms with Crippen LogP contribution in [0.1, 0.15) is 31.4 Å². The average Bonchev–Trinajstić information content (AvgIpc) is 3.28. The SMILES string of the molecule is CCC[C@@]1(C(=O)O)N[C@@H](c2ccc(OC)cc2O)[C@H]2C(=O)N(c3ccc(OC)cc3)C(=O)[C@@H]21. The lowest BCUT2D eigenvalue weighted by molar-refractivity contribution is -0.149. The first-order valence-electron chi connectivity index (χ1n) is 10.7. The number of phenolic OH excluding ortho intramolecular Hbond substituents is 1. The van der Waals surface area contributed by atoms with Crippen molar-refractivity contribution in [1.82, 2.24) is 5.32 Å². The Morgan fingerprint density at radius 1 is 1.06 bits per heavy atom. The third-order valence-electron chi connectivity index (χ3n) is 6.58. The van der Waals surface area contributed by atoms with E-state index in [2.05, 4.69) is 5.32 Å². The fourth-order valence-corrected chi connectivity index (χ4v) is 5.10. The molecule has 0 aliphatic carbocycles. The summed E-state index contributed by atoms with van der Waals surface area (Å²) >= 11 is 0. The number of fused-ring (bicyclic) bond motifs is 1. The number of ether oxygens (including phenoxy) is 2. The van der Waals surface area contributed by atoms with Gasteiger partial charge in [0.05, 0.1) is 31.7 Å². The second-order valence-corrected chi connectivity index (χ2v) is 8.29. The van der Waals surface area contributed by atoms with Crippen LogP contribution in [-0.4, -0.2) is 47.8 Å². The molecule has 2 saturated heterocycles. The van der Waals surface area contributed by atoms with E-state index in [0.717, 1.165) is 4.90 Å². The highest BCUT2D eigenvalue weighted by atomic mass is 16.5. The summed E-state index contributed by atoms with van der Waals surface area (Å²) < 4.78 is 10.3. The second kappa shape index (κ2) is 8.40. The highest BCUT2D eigenvalue weighted by molar-refractivity contribution is 6.24. The number of carboxylic acids is 1. The fourth-order valence-electron chi connectivity index (χ4n) is 5.10. The maximum Gasteiger partial charge on any atom is 0.324 e. The Morgan fingerprint density at radius 3 is 2.24 bits per heavy atom. The molecule has 9 heteroatoms. The zero-order chi connectivity index (χ0) is 23.9. The molecule has 2 aliphatic heterocycles. The van der Waals surface area contributed by atoms with Crippen LogP contribution in [0.5, 0.6) is 17.2 Å². The van der Waals surface area contributed by atoms with Gasteiger partial charge in [-0.15, -0.1) is 0 Å². The van der Waals surface area contributed by atoms with Gasteiger partial charge in [-0.3, -0.25) is 19.7 Å². The number of carboxylic acid groups (broad SMARTS) is 1. The van der Waals surface area contributed by atoms with Gasteiger partial charge < -0.3 is 19.7 Å². The van der Waals surface area contributed by atoms with E-state index in [0.29, 0.717) is 29.2 Å². The summed E-state index contributed by atoms with van der Waals surface area (Å²) in [5.41, 5.74) is -0.971. The van der Waals surface area contributed by atoms with Gasteiger partial charge in [-0.05, 0) is 36.8 Å². The Balaban J connectivity index is 1.84. The summed E-state index contributed by atoms with van der Waals surface area (Å²) in [6.07, 6.45) is 0.625. The number of aliphatic carboxylic acids is 1. The van der Waals surface area contributed by atoms with Crippen LogP contribution in [0.3, 0.4) is 0 Å². The normalized spacial score (nSPS) is 26.4. The summed E-state index contributed by atoms with van der Waals surface area (Å²) in [4.78, 5) is 40.8. The van der Waals surface area contributed by atoms with E-state index >= 15 is 0 Å². The summed E-state index contributed by atoms with van der Waals surface area (Å²) in [7, 11) is 2.97. The predicted molar refractivity (Wildman–Crippen MR) is 118 cm³/mol. The van der Waals surface area contributed by atoms with Crippen molar-refractivity contribution in [3.8, 4) is 17.2 Å². The number of nitrogens with one attached hydrogen (secondary N) is 1. The van der Waals surface area contributed by atoms with Crippen molar-refractivity contribution in [1.29, 1.82) is 0 Å². The van der Waals surface area contributed by atoms with Crippen LogP contribution in [0.25, 0.3) is 0 Å². The largest absolute Gasteiger partial charge is 0.507 e. The summed E-state index contributed by atoms with van der Waals surface area (Å²) in [5, 5.41) is 24.0. The summed E-state index contributed by atoms with van der Waals surface area (Å²) in [5.74, 6) is -3.59. The van der Waals surface area contributed by atoms with Crippen molar-refractivity contribution in [2.24, 2.45) is 11.8 Å². The number of phenols is 1. The minimum Gasteiger partial charge on any atom is -0.507 e. The van der Waals surface area contributed by atoms with Gasteiger partial charge in [-0.2, -0.15) is 0 Å². The number of rotatable bonds is 7. The van der Waals surface area contributed by atoms with E-state index in [4.69, 9.17) is 9.47 Å². The number of imide groups is 1. The first-order valence-corrected chi connectivity index (χ1v) is 10.7. The molecular weight excluding hydrogens is 428 g/mol. The van der Waals surface area contributed by atoms with Crippen molar-refractivity contribution in [2.75, 3.05) is 19.1 Å². The van der Waals surface area contributed by atoms with E-state index in [1.807, 2.05) is 6.92 Å². The number of carbonyl (C=O) groups excluding carboxylic acids is 2. The van der Waals surface area contributed by atoms with Crippen LogP contribution < -0.4 is 19.7 Å². The Labute approximate surface area is 190 Å². The molecule has 0 unspecified atom stereocenters. The molecule has 4 atom stereocenters. The van der Waals surface area contributed by atoms with Crippen molar-refractivity contribution >= 4 is 23.5 Å². The molecule has 2 amide bonds. The number of amides is 2. The molecule has 2 aromatic carbocycles. The van der Waals surface area contributed by atoms with E-state index in [1.165, 1.54) is 20.3 Å². The molecule has 0 spiro atoms. The van der Waals surface area contributed by atoms with Crippen molar-refractivity contribution < 1.29 is 34.1 Å². The molecule has 2 heterocycles. The number of aromatic hydroxyl groups is 1. The molecule has 33 heavy (non-hydrogen) atoms. The first-order chi connectivity index (χ1) is 15.8. The minimum absolute atomic E-state index is 0.145. The molecule has 0 bridgehead atoms. The average molecular weight is 454 g/mol. The molecule has 2 aromatic rings. The van der Waals surface area contributed by atoms with Gasteiger partial charge in [0, 0.05) is 17.7 Å². The van der Waals surface area contributed by atoms with Gasteiger partial charge in [0.2, 0.25) is 11.8 Å². The number of hydrogen-bond acceptors (Lipinski definition) is 7. The molecule has 9 nitrogen and oxygen atoms in total. The van der Waals surface area contributed by atoms with Crippen molar-refractivity contribution in [3.05, 3.63) is 48.0 Å². The maximum atomic E-state index is 13.6. The van der Waals surface area contributed by atoms with E-state index in [1.54, 1.807) is 36.4 Å². The van der Waals surface area contributed by atoms with Crippen LogP contribution in [0.4, 0.5) is 5.69 Å². The molecule has 0 radical (unpaired) electrons. The van der Waals surface area contributed by atoms with E-state index in [-0.39, 0.29) is 12.2 Å². The Morgan fingerprint density at radius 2 is 1.70 bits per heavy atom. The van der Waals surface area contributed by atoms with Crippen LogP contribution in [0.2, 0.25) is 0 Å². The lowest BCUT2D eigenvalue weighted by Crippen LogP contribution is -2.55. The number of methoxy groups -OCH3 is 2. The van der Waals surface area contributed by atoms with Gasteiger partial charge >= 0.3 is 5.97 Å². The molecule has 0 saturated carbocycles. The topological polar surface area (TPSA) is 125 Å². The van der Waals surface area contributed by atoms with E-state index < -0.39 is 41.2 Å². The fraction of sp³-hybridized carbons (Fsp3) is 0.375. The lowest BCUT2D eigenvalue weighted by Gasteiger charge is -2.31. The van der Waals surface area contributed by atoms with Gasteiger partial charge in [0.1, 0.15) is 22.8 Å². The third kappa shape index (κ3) is 3.39. The Kier molecular flexibility index (Phi) is 5.75. The molecule has 3 N–H and O–H groups in total. The van der Waals surface area contributed by atoms with E-state index in [9.17, 15) is 24.6 Å². The van der Waals surface area contributed by atoms with Crippen LogP contribution in [0, 0.1) is 11.8 Å². The molecule has 2 fully saturated rings. The third-order valence-corrected chi connectivity index (χ3v) is 6.58. The summed E-state index contributed by atoms with van der Waals surface area (Å²) in [6.45, 7) is 1.82. The zero-order valence-corrected chi connectivity index (χ0v) is 18.6. The first kappa shape index (κ1) is 22.6. The number of anilines is 1. The van der Waals surface area contributed by atoms with Crippen molar-refractivity contribution in [3.63, 3.8) is 0 Å². The molecule has 174 valence electrons. The number of hydrogen-bond donors (Lipinski definition) is 3. The lowest BCUT2D eigenvalue weighted by atomic mass is 9.77. The second-order valence-electron chi connectivity index (χ2n) is 8.29. The quantitative estimate of drug-likeness (QED) is 0.545. The monoisotopic (exact) mass is 454 g/mol. The highest BCUT2D eigenvalue weighted by Gasteiger charge is 2.68. The summed E-state index contributed by atoms with van der Waals surface area (Å²) in [6, 6.07) is 10.2. The maximum absolute atomic E-state index is 13.6. The van der Waals surface area contributed by atoms with Gasteiger partial charge in [-0.1, -0.05) is 19.4 Å². The number of nitrogens with zero attached hydrogens (tertiary/aromatic N) is 1. The smallest absolute Gasteiger partial charge is 0.324 e. The molecule has 2 aliphatic rings. The zero-order valence-electron chi connectivity index (χ0n) is 18.6. The highest BCUT2D eigenvalue weighted by Crippen LogP contribution is 2.52. The van der Waals surface area contributed by atoms with Crippen LogP contribution >= 0.6 is 0 Å². The standard InChI is InChI=1S/C24H26N2O7/c1-4-11-24(23(30)31)19-18(20(25-24)16-10-9-15(33-3)12-17(16)27)21(28)26(22(19)29)13-5-7-14(32-2)8-6-13/h5-10,12,18-20,25,27H,4,11H2,1-3H3,(H,30,31)/t18-,19+,20-,24+/m0/s1. The van der Waals surface area contributed by atoms with Crippen LogP contribution in [-0.2, 0) is 14.4 Å². The Bertz CT molecular complexity index is 1100. The van der Waals surface area contributed by atoms with Crippen molar-refractivity contribution in [2.45, 2.75) is 31.3 Å². The number of benzene rings is 2. The predicted octanol–water partition coefficient (Wildman–Crippen LogP) is 2.48. The van der Waals surface area contributed by atoms with Gasteiger partial charge in [0.15, 0.2) is 0 Å². The Hall–Kier alpha value is -3.59. The van der Waals surface area contributed by atoms with Crippen LogP contribution in [0.15, 0.2) is 42.5 Å². The van der Waals surface area contributed by atoms with Gasteiger partial charge in [0.25, 0.3) is 0 Å². The molecule has 0 aromatic heterocycles. The molecular formula is C24H26N2O7.